The summed E-state index contributed by atoms with van der Waals surface area (Å²) >= 11 is 1.16. The highest BCUT2D eigenvalue weighted by Crippen LogP contribution is 2.16. The Bertz CT molecular complexity index is 628. The standard InChI is InChI=1S/C13H18N2O5S2/c1-3-20-12(16)8-21-9(2)13(17)15-10-4-6-11(7-5-10)22(14,18)19/h4-7,9H,3,8H2,1-2H3,(H,15,17)(H2,14,18,19). The molecule has 0 saturated carbocycles. The van der Waals surface area contributed by atoms with Crippen LogP contribution in [0.2, 0.25) is 0 Å². The molecule has 1 rings (SSSR count). The molecule has 9 heteroatoms. The van der Waals surface area contributed by atoms with Gasteiger partial charge in [-0.05, 0) is 38.1 Å². The van der Waals surface area contributed by atoms with Crippen LogP contribution >= 0.6 is 11.8 Å². The molecule has 0 spiro atoms. The lowest BCUT2D eigenvalue weighted by Gasteiger charge is -2.12. The second-order valence-corrected chi connectivity index (χ2v) is 7.21. The van der Waals surface area contributed by atoms with Crippen LogP contribution in [0.15, 0.2) is 29.2 Å². The van der Waals surface area contributed by atoms with E-state index in [0.717, 1.165) is 11.8 Å². The summed E-state index contributed by atoms with van der Waals surface area (Å²) in [5, 5.41) is 7.16. The van der Waals surface area contributed by atoms with E-state index in [-0.39, 0.29) is 22.5 Å². The summed E-state index contributed by atoms with van der Waals surface area (Å²) in [4.78, 5) is 23.1. The molecule has 0 aromatic heterocycles. The maximum absolute atomic E-state index is 11.9. The third-order valence-electron chi connectivity index (χ3n) is 2.58. The van der Waals surface area contributed by atoms with Gasteiger partial charge in [0.1, 0.15) is 0 Å². The maximum Gasteiger partial charge on any atom is 0.315 e. The van der Waals surface area contributed by atoms with Crippen molar-refractivity contribution in [1.29, 1.82) is 0 Å². The van der Waals surface area contributed by atoms with Crippen LogP contribution in [0.5, 0.6) is 0 Å². The van der Waals surface area contributed by atoms with Crippen LogP contribution in [0.3, 0.4) is 0 Å². The fourth-order valence-corrected chi connectivity index (χ4v) is 2.64. The van der Waals surface area contributed by atoms with Crippen LogP contribution in [0.1, 0.15) is 13.8 Å². The van der Waals surface area contributed by atoms with Gasteiger partial charge in [-0.25, -0.2) is 13.6 Å². The minimum atomic E-state index is -3.76. The molecule has 22 heavy (non-hydrogen) atoms. The van der Waals surface area contributed by atoms with Crippen molar-refractivity contribution in [2.45, 2.75) is 24.0 Å². The molecule has 1 atom stereocenters. The maximum atomic E-state index is 11.9. The van der Waals surface area contributed by atoms with Crippen molar-refractivity contribution in [3.8, 4) is 0 Å². The fraction of sp³-hybridized carbons (Fsp3) is 0.385. The zero-order valence-corrected chi connectivity index (χ0v) is 13.9. The Kier molecular flexibility index (Phi) is 6.85. The van der Waals surface area contributed by atoms with Gasteiger partial charge in [0.05, 0.1) is 22.5 Å². The summed E-state index contributed by atoms with van der Waals surface area (Å²) in [6.45, 7) is 3.68. The Hall–Kier alpha value is -1.58. The molecule has 3 N–H and O–H groups in total. The van der Waals surface area contributed by atoms with Gasteiger partial charge in [0.25, 0.3) is 0 Å². The van der Waals surface area contributed by atoms with Crippen LogP contribution in [0, 0.1) is 0 Å². The summed E-state index contributed by atoms with van der Waals surface area (Å²) in [7, 11) is -3.76. The number of nitrogens with two attached hydrogens (primary N) is 1. The van der Waals surface area contributed by atoms with Crippen LogP contribution in [0.4, 0.5) is 5.69 Å². The molecule has 1 amide bonds. The number of primary sulfonamides is 1. The van der Waals surface area contributed by atoms with Gasteiger partial charge in [0.2, 0.25) is 15.9 Å². The van der Waals surface area contributed by atoms with E-state index in [1.165, 1.54) is 24.3 Å². The molecule has 0 radical (unpaired) electrons. The monoisotopic (exact) mass is 346 g/mol. The largest absolute Gasteiger partial charge is 0.465 e. The Morgan fingerprint density at radius 1 is 1.32 bits per heavy atom. The first-order valence-electron chi connectivity index (χ1n) is 6.45. The molecule has 0 bridgehead atoms. The lowest BCUT2D eigenvalue weighted by atomic mass is 10.3. The topological polar surface area (TPSA) is 116 Å². The van der Waals surface area contributed by atoms with Crippen molar-refractivity contribution in [3.05, 3.63) is 24.3 Å². The molecular weight excluding hydrogens is 328 g/mol. The predicted molar refractivity (Wildman–Crippen MR) is 85.0 cm³/mol. The third kappa shape index (κ3) is 6.04. The quantitative estimate of drug-likeness (QED) is 0.710. The number of amides is 1. The summed E-state index contributed by atoms with van der Waals surface area (Å²) in [6, 6.07) is 5.50. The summed E-state index contributed by atoms with van der Waals surface area (Å²) in [5.74, 6) is -0.574. The molecule has 0 saturated heterocycles. The highest BCUT2D eigenvalue weighted by molar-refractivity contribution is 8.01. The molecule has 0 heterocycles. The van der Waals surface area contributed by atoms with E-state index >= 15 is 0 Å². The lowest BCUT2D eigenvalue weighted by molar-refractivity contribution is -0.139. The third-order valence-corrected chi connectivity index (χ3v) is 4.62. The molecule has 1 unspecified atom stereocenters. The first-order chi connectivity index (χ1) is 10.2. The molecular formula is C13H18N2O5S2. The number of nitrogens with one attached hydrogen (secondary N) is 1. The molecule has 0 aliphatic heterocycles. The van der Waals surface area contributed by atoms with Crippen molar-refractivity contribution in [1.82, 2.24) is 0 Å². The van der Waals surface area contributed by atoms with E-state index in [2.05, 4.69) is 5.32 Å². The van der Waals surface area contributed by atoms with Crippen molar-refractivity contribution >= 4 is 39.3 Å². The number of thioether (sulfide) groups is 1. The number of ether oxygens (including phenoxy) is 1. The zero-order valence-electron chi connectivity index (χ0n) is 12.2. The molecule has 122 valence electrons. The number of hydrogen-bond acceptors (Lipinski definition) is 6. The molecule has 1 aromatic carbocycles. The number of sulfonamides is 1. The fourth-order valence-electron chi connectivity index (χ4n) is 1.44. The van der Waals surface area contributed by atoms with Crippen molar-refractivity contribution in [2.24, 2.45) is 5.14 Å². The second kappa shape index (κ2) is 8.16. The molecule has 0 aliphatic carbocycles. The van der Waals surface area contributed by atoms with Gasteiger partial charge in [-0.2, -0.15) is 0 Å². The van der Waals surface area contributed by atoms with E-state index in [4.69, 9.17) is 9.88 Å². The number of benzene rings is 1. The normalized spacial score (nSPS) is 12.5. The van der Waals surface area contributed by atoms with Gasteiger partial charge >= 0.3 is 5.97 Å². The Morgan fingerprint density at radius 2 is 1.91 bits per heavy atom. The summed E-state index contributed by atoms with van der Waals surface area (Å²) in [5.41, 5.74) is 0.445. The van der Waals surface area contributed by atoms with E-state index in [1.54, 1.807) is 13.8 Å². The average molecular weight is 346 g/mol. The van der Waals surface area contributed by atoms with Crippen molar-refractivity contribution in [3.63, 3.8) is 0 Å². The van der Waals surface area contributed by atoms with E-state index in [9.17, 15) is 18.0 Å². The smallest absolute Gasteiger partial charge is 0.315 e. The van der Waals surface area contributed by atoms with Gasteiger partial charge < -0.3 is 10.1 Å². The van der Waals surface area contributed by atoms with Crippen LogP contribution in [-0.2, 0) is 24.3 Å². The summed E-state index contributed by atoms with van der Waals surface area (Å²) < 4.78 is 27.0. The molecule has 1 aromatic rings. The van der Waals surface area contributed by atoms with Gasteiger partial charge in [0, 0.05) is 5.69 Å². The van der Waals surface area contributed by atoms with E-state index in [1.807, 2.05) is 0 Å². The predicted octanol–water partition coefficient (Wildman–Crippen LogP) is 0.957. The molecule has 7 nitrogen and oxygen atoms in total. The van der Waals surface area contributed by atoms with Crippen LogP contribution in [-0.4, -0.2) is 37.9 Å². The number of carbonyl (C=O) groups excluding carboxylic acids is 2. The van der Waals surface area contributed by atoms with Crippen LogP contribution in [0.25, 0.3) is 0 Å². The van der Waals surface area contributed by atoms with Gasteiger partial charge in [-0.3, -0.25) is 9.59 Å². The van der Waals surface area contributed by atoms with Crippen molar-refractivity contribution < 1.29 is 22.7 Å². The van der Waals surface area contributed by atoms with Gasteiger partial charge in [-0.15, -0.1) is 11.8 Å². The number of anilines is 1. The Labute approximate surface area is 133 Å². The molecule has 0 aliphatic rings. The van der Waals surface area contributed by atoms with Crippen LogP contribution < -0.4 is 10.5 Å². The highest BCUT2D eigenvalue weighted by atomic mass is 32.2. The summed E-state index contributed by atoms with van der Waals surface area (Å²) in [6.07, 6.45) is 0. The minimum absolute atomic E-state index is 0.0322. The molecule has 0 fully saturated rings. The zero-order chi connectivity index (χ0) is 16.8. The SMILES string of the molecule is CCOC(=O)CSC(C)C(=O)Nc1ccc(S(N)(=O)=O)cc1. The first kappa shape index (κ1) is 18.5. The lowest BCUT2D eigenvalue weighted by Crippen LogP contribution is -2.24. The number of rotatable bonds is 7. The highest BCUT2D eigenvalue weighted by Gasteiger charge is 2.16. The van der Waals surface area contributed by atoms with Gasteiger partial charge in [-0.1, -0.05) is 0 Å². The van der Waals surface area contributed by atoms with Crippen molar-refractivity contribution in [2.75, 3.05) is 17.7 Å². The van der Waals surface area contributed by atoms with E-state index < -0.39 is 15.3 Å². The number of esters is 1. The van der Waals surface area contributed by atoms with Gasteiger partial charge in [0.15, 0.2) is 0 Å². The van der Waals surface area contributed by atoms with E-state index in [0.29, 0.717) is 12.3 Å². The second-order valence-electron chi connectivity index (χ2n) is 4.32. The Morgan fingerprint density at radius 3 is 2.41 bits per heavy atom. The number of hydrogen-bond donors (Lipinski definition) is 2. The Balaban J connectivity index is 2.55. The number of carbonyl (C=O) groups is 2. The average Bonchev–Trinajstić information content (AvgIpc) is 2.44. The minimum Gasteiger partial charge on any atom is -0.465 e. The first-order valence-corrected chi connectivity index (χ1v) is 9.04.